The van der Waals surface area contributed by atoms with Gasteiger partial charge in [-0.05, 0) is 20.8 Å². The molecule has 7 heteroatoms. The number of aromatic amines is 1. The summed E-state index contributed by atoms with van der Waals surface area (Å²) in [5, 5.41) is 14.2. The number of rotatable bonds is 6. The minimum atomic E-state index is -0.435. The minimum Gasteiger partial charge on any atom is -0.491 e. The maximum absolute atomic E-state index is 11.0. The monoisotopic (exact) mass is 290 g/mol. The summed E-state index contributed by atoms with van der Waals surface area (Å²) in [7, 11) is 0. The number of ether oxygens (including phenoxy) is 1. The number of non-ortho nitro benzene ring substituents is 1. The molecule has 0 bridgehead atoms. The van der Waals surface area contributed by atoms with E-state index < -0.39 is 4.92 Å². The van der Waals surface area contributed by atoms with Crippen molar-refractivity contribution in [2.75, 3.05) is 5.32 Å². The van der Waals surface area contributed by atoms with E-state index in [1.54, 1.807) is 18.5 Å². The van der Waals surface area contributed by atoms with Crippen molar-refractivity contribution in [1.82, 2.24) is 9.97 Å². The lowest BCUT2D eigenvalue weighted by Gasteiger charge is -2.15. The molecule has 1 aromatic carbocycles. The van der Waals surface area contributed by atoms with Gasteiger partial charge in [-0.2, -0.15) is 0 Å². The molecule has 1 aromatic heterocycles. The van der Waals surface area contributed by atoms with Crippen LogP contribution < -0.4 is 10.1 Å². The third-order valence-corrected chi connectivity index (χ3v) is 2.79. The summed E-state index contributed by atoms with van der Waals surface area (Å²) < 4.78 is 5.55. The fraction of sp³-hybridized carbons (Fsp3) is 0.357. The van der Waals surface area contributed by atoms with Gasteiger partial charge in [0.2, 0.25) is 0 Å². The van der Waals surface area contributed by atoms with E-state index in [9.17, 15) is 10.1 Å². The van der Waals surface area contributed by atoms with Crippen molar-refractivity contribution in [3.63, 3.8) is 0 Å². The van der Waals surface area contributed by atoms with Gasteiger partial charge in [0.05, 0.1) is 23.1 Å². The Hall–Kier alpha value is -2.57. The second kappa shape index (κ2) is 6.25. The first-order valence-electron chi connectivity index (χ1n) is 6.67. The Morgan fingerprint density at radius 2 is 2.10 bits per heavy atom. The molecule has 0 spiro atoms. The largest absolute Gasteiger partial charge is 0.491 e. The number of nitro groups is 1. The Kier molecular flexibility index (Phi) is 4.42. The van der Waals surface area contributed by atoms with E-state index in [1.807, 2.05) is 20.8 Å². The molecule has 1 atom stereocenters. The van der Waals surface area contributed by atoms with E-state index in [1.165, 1.54) is 12.1 Å². The molecule has 0 saturated heterocycles. The summed E-state index contributed by atoms with van der Waals surface area (Å²) in [5.41, 5.74) is 0.603. The second-order valence-corrected chi connectivity index (χ2v) is 4.98. The van der Waals surface area contributed by atoms with E-state index in [-0.39, 0.29) is 17.8 Å². The van der Waals surface area contributed by atoms with Crippen molar-refractivity contribution in [3.05, 3.63) is 46.5 Å². The van der Waals surface area contributed by atoms with E-state index in [0.29, 0.717) is 11.4 Å². The zero-order valence-electron chi connectivity index (χ0n) is 12.2. The van der Waals surface area contributed by atoms with E-state index >= 15 is 0 Å². The maximum atomic E-state index is 11.0. The Labute approximate surface area is 122 Å². The van der Waals surface area contributed by atoms with Crippen LogP contribution in [0.15, 0.2) is 30.6 Å². The highest BCUT2D eigenvalue weighted by atomic mass is 16.6. The molecule has 0 radical (unpaired) electrons. The number of H-pyrrole nitrogens is 1. The minimum absolute atomic E-state index is 0.0118. The van der Waals surface area contributed by atoms with Crippen LogP contribution in [0, 0.1) is 10.1 Å². The molecule has 2 aromatic rings. The van der Waals surface area contributed by atoms with Crippen LogP contribution in [-0.4, -0.2) is 21.0 Å². The molecule has 0 aliphatic carbocycles. The second-order valence-electron chi connectivity index (χ2n) is 4.98. The lowest BCUT2D eigenvalue weighted by atomic mass is 10.2. The predicted octanol–water partition coefficient (Wildman–Crippen LogP) is 3.28. The number of nitrogens with zero attached hydrogens (tertiary/aromatic N) is 2. The van der Waals surface area contributed by atoms with Crippen molar-refractivity contribution in [2.24, 2.45) is 0 Å². The van der Waals surface area contributed by atoms with Crippen LogP contribution in [0.3, 0.4) is 0 Å². The molecule has 1 heterocycles. The molecule has 1 unspecified atom stereocenters. The smallest absolute Gasteiger partial charge is 0.275 e. The average Bonchev–Trinajstić information content (AvgIpc) is 2.91. The van der Waals surface area contributed by atoms with Gasteiger partial charge >= 0.3 is 0 Å². The van der Waals surface area contributed by atoms with Gasteiger partial charge in [0.15, 0.2) is 0 Å². The molecule has 7 nitrogen and oxygen atoms in total. The normalized spacial score (nSPS) is 12.2. The zero-order chi connectivity index (χ0) is 15.4. The van der Waals surface area contributed by atoms with E-state index in [0.717, 1.165) is 5.82 Å². The van der Waals surface area contributed by atoms with Crippen LogP contribution in [0.4, 0.5) is 11.4 Å². The number of hydrogen-bond acceptors (Lipinski definition) is 5. The van der Waals surface area contributed by atoms with Gasteiger partial charge in [-0.25, -0.2) is 4.98 Å². The SMILES string of the molecule is CC(C)Oc1cc(NC(C)c2ncc[nH]2)cc([N+](=O)[O-])c1. The van der Waals surface area contributed by atoms with Crippen molar-refractivity contribution < 1.29 is 9.66 Å². The van der Waals surface area contributed by atoms with Crippen LogP contribution in [0.2, 0.25) is 0 Å². The number of nitrogens with one attached hydrogen (secondary N) is 2. The summed E-state index contributed by atoms with van der Waals surface area (Å²) in [5.74, 6) is 1.22. The average molecular weight is 290 g/mol. The molecule has 2 N–H and O–H groups in total. The van der Waals surface area contributed by atoms with Crippen molar-refractivity contribution >= 4 is 11.4 Å². The van der Waals surface area contributed by atoms with Crippen molar-refractivity contribution in [1.29, 1.82) is 0 Å². The van der Waals surface area contributed by atoms with Crippen LogP contribution >= 0.6 is 0 Å². The molecule has 0 aliphatic heterocycles. The number of hydrogen-bond donors (Lipinski definition) is 2. The molecule has 2 rings (SSSR count). The predicted molar refractivity (Wildman–Crippen MR) is 79.5 cm³/mol. The molecule has 112 valence electrons. The van der Waals surface area contributed by atoms with Gasteiger partial charge < -0.3 is 15.0 Å². The molecular weight excluding hydrogens is 272 g/mol. The fourth-order valence-corrected chi connectivity index (χ4v) is 1.94. The Bertz CT molecular complexity index is 611. The zero-order valence-corrected chi connectivity index (χ0v) is 12.2. The molecule has 0 saturated carbocycles. The van der Waals surface area contributed by atoms with Gasteiger partial charge in [0.1, 0.15) is 11.6 Å². The molecule has 21 heavy (non-hydrogen) atoms. The topological polar surface area (TPSA) is 93.1 Å². The van der Waals surface area contributed by atoms with Crippen LogP contribution in [-0.2, 0) is 0 Å². The van der Waals surface area contributed by atoms with Gasteiger partial charge in [0, 0.05) is 30.2 Å². The quantitative estimate of drug-likeness (QED) is 0.629. The third-order valence-electron chi connectivity index (χ3n) is 2.79. The number of benzene rings is 1. The van der Waals surface area contributed by atoms with Crippen LogP contribution in [0.5, 0.6) is 5.75 Å². The van der Waals surface area contributed by atoms with Crippen molar-refractivity contribution in [2.45, 2.75) is 32.9 Å². The number of imidazole rings is 1. The highest BCUT2D eigenvalue weighted by Crippen LogP contribution is 2.28. The Balaban J connectivity index is 2.25. The van der Waals surface area contributed by atoms with Gasteiger partial charge in [-0.3, -0.25) is 10.1 Å². The molecule has 0 fully saturated rings. The van der Waals surface area contributed by atoms with Gasteiger partial charge in [0.25, 0.3) is 5.69 Å². The summed E-state index contributed by atoms with van der Waals surface area (Å²) in [4.78, 5) is 17.7. The summed E-state index contributed by atoms with van der Waals surface area (Å²) in [6.07, 6.45) is 3.34. The summed E-state index contributed by atoms with van der Waals surface area (Å²) >= 11 is 0. The lowest BCUT2D eigenvalue weighted by molar-refractivity contribution is -0.384. The summed E-state index contributed by atoms with van der Waals surface area (Å²) in [6.45, 7) is 5.66. The standard InChI is InChI=1S/C14H18N4O3/c1-9(2)21-13-7-11(6-12(8-13)18(19)20)17-10(3)14-15-4-5-16-14/h4-10,17H,1-3H3,(H,15,16). The number of nitro benzene ring substituents is 1. The Morgan fingerprint density at radius 1 is 1.33 bits per heavy atom. The molecule has 0 aliphatic rings. The number of anilines is 1. The van der Waals surface area contributed by atoms with Gasteiger partial charge in [-0.15, -0.1) is 0 Å². The van der Waals surface area contributed by atoms with Crippen LogP contribution in [0.1, 0.15) is 32.6 Å². The highest BCUT2D eigenvalue weighted by molar-refractivity contribution is 5.57. The van der Waals surface area contributed by atoms with Gasteiger partial charge in [-0.1, -0.05) is 0 Å². The summed E-state index contributed by atoms with van der Waals surface area (Å²) in [6, 6.07) is 4.54. The fourth-order valence-electron chi connectivity index (χ4n) is 1.94. The molecule has 0 amide bonds. The molecular formula is C14H18N4O3. The van der Waals surface area contributed by atoms with E-state index in [4.69, 9.17) is 4.74 Å². The van der Waals surface area contributed by atoms with E-state index in [2.05, 4.69) is 15.3 Å². The highest BCUT2D eigenvalue weighted by Gasteiger charge is 2.14. The third kappa shape index (κ3) is 3.95. The number of aromatic nitrogens is 2. The first-order valence-corrected chi connectivity index (χ1v) is 6.67. The Morgan fingerprint density at radius 3 is 2.67 bits per heavy atom. The first-order chi connectivity index (χ1) is 9.95. The van der Waals surface area contributed by atoms with Crippen LogP contribution in [0.25, 0.3) is 0 Å². The van der Waals surface area contributed by atoms with Crippen molar-refractivity contribution in [3.8, 4) is 5.75 Å². The first kappa shape index (κ1) is 14.8. The maximum Gasteiger partial charge on any atom is 0.275 e. The lowest BCUT2D eigenvalue weighted by Crippen LogP contribution is -2.10.